The van der Waals surface area contributed by atoms with Crippen molar-refractivity contribution in [2.45, 2.75) is 54.5 Å². The Balaban J connectivity index is 1.28. The smallest absolute Gasteiger partial charge is 0.227 e. The van der Waals surface area contributed by atoms with Gasteiger partial charge in [0.15, 0.2) is 5.82 Å². The number of hydrogen-bond acceptors (Lipinski definition) is 8. The molecule has 4 atom stereocenters. The van der Waals surface area contributed by atoms with Crippen molar-refractivity contribution in [2.24, 2.45) is 5.92 Å². The van der Waals surface area contributed by atoms with Crippen LogP contribution in [0.1, 0.15) is 43.8 Å². The number of anilines is 2. The Kier molecular flexibility index (Phi) is 4.70. The molecule has 0 radical (unpaired) electrons. The highest BCUT2D eigenvalue weighted by Gasteiger charge is 2.48. The summed E-state index contributed by atoms with van der Waals surface area (Å²) in [7, 11) is -1.09. The van der Waals surface area contributed by atoms with Crippen LogP contribution >= 0.6 is 11.6 Å². The first-order valence-corrected chi connectivity index (χ1v) is 12.7. The molecule has 2 bridgehead atoms. The maximum atomic E-state index is 12.6. The zero-order valence-electron chi connectivity index (χ0n) is 17.2. The quantitative estimate of drug-likeness (QED) is 0.741. The van der Waals surface area contributed by atoms with Gasteiger partial charge >= 0.3 is 0 Å². The molecule has 2 aliphatic heterocycles. The minimum atomic E-state index is -1.09. The Bertz CT molecular complexity index is 1030. The van der Waals surface area contributed by atoms with Gasteiger partial charge in [0.1, 0.15) is 5.82 Å². The Hall–Kier alpha value is -1.84. The van der Waals surface area contributed by atoms with E-state index in [0.717, 1.165) is 50.3 Å². The van der Waals surface area contributed by atoms with Crippen LogP contribution in [0.4, 0.5) is 11.8 Å². The predicted octanol–water partition coefficient (Wildman–Crippen LogP) is 2.14. The molecule has 0 amide bonds. The number of aliphatic hydroxyl groups is 1. The van der Waals surface area contributed by atoms with Gasteiger partial charge in [0, 0.05) is 43.2 Å². The fraction of sp³-hybridized carbons (Fsp3) is 0.619. The highest BCUT2D eigenvalue weighted by Crippen LogP contribution is 2.48. The highest BCUT2D eigenvalue weighted by molar-refractivity contribution is 7.85. The van der Waals surface area contributed by atoms with Crippen LogP contribution in [-0.2, 0) is 10.8 Å². The SMILES string of the molecule is O=[S@@]1CCN(C2(CO)CCC2)c2nc(N3CC4CC3CC4c3ncc(Cl)cn3)ncc21. The number of aliphatic hydroxyl groups excluding tert-OH is 1. The molecule has 2 aromatic heterocycles. The number of halogens is 1. The lowest BCUT2D eigenvalue weighted by Gasteiger charge is -2.51. The predicted molar refractivity (Wildman–Crippen MR) is 118 cm³/mol. The summed E-state index contributed by atoms with van der Waals surface area (Å²) in [5.74, 6) is 3.70. The van der Waals surface area contributed by atoms with Gasteiger partial charge < -0.3 is 14.9 Å². The Morgan fingerprint density at radius 3 is 2.65 bits per heavy atom. The van der Waals surface area contributed by atoms with Crippen molar-refractivity contribution in [2.75, 3.05) is 35.2 Å². The molecule has 0 aromatic carbocycles. The molecule has 10 heteroatoms. The summed E-state index contributed by atoms with van der Waals surface area (Å²) in [5.41, 5.74) is -0.258. The van der Waals surface area contributed by atoms with Crippen LogP contribution in [0.2, 0.25) is 5.02 Å². The average Bonchev–Trinajstić information content (AvgIpc) is 3.36. The number of hydrogen-bond donors (Lipinski definition) is 1. The molecule has 0 spiro atoms. The minimum absolute atomic E-state index is 0.107. The molecule has 2 saturated carbocycles. The van der Waals surface area contributed by atoms with Crippen LogP contribution in [-0.4, -0.2) is 66.3 Å². The molecule has 164 valence electrons. The Labute approximate surface area is 188 Å². The standard InChI is InChI=1S/C21H25ClN6O2S/c22-14-8-23-18(24-9-14)16-7-15-6-13(16)11-27(15)20-25-10-17-19(26-20)28(4-5-31(17)30)21(12-29)2-1-3-21/h8-10,13,15-16,29H,1-7,11-12H2/t13?,15?,16?,31-/m1/s1. The molecule has 3 fully saturated rings. The van der Waals surface area contributed by atoms with Crippen molar-refractivity contribution in [1.82, 2.24) is 19.9 Å². The maximum absolute atomic E-state index is 12.6. The topological polar surface area (TPSA) is 95.3 Å². The van der Waals surface area contributed by atoms with Crippen LogP contribution in [0.25, 0.3) is 0 Å². The molecule has 1 saturated heterocycles. The summed E-state index contributed by atoms with van der Waals surface area (Å²) in [6.07, 6.45) is 10.2. The molecule has 6 rings (SSSR count). The molecule has 8 nitrogen and oxygen atoms in total. The summed E-state index contributed by atoms with van der Waals surface area (Å²) >= 11 is 5.95. The summed E-state index contributed by atoms with van der Waals surface area (Å²) in [5, 5.41) is 10.7. The lowest BCUT2D eigenvalue weighted by molar-refractivity contribution is 0.115. The third kappa shape index (κ3) is 3.08. The molecule has 3 unspecified atom stereocenters. The molecule has 31 heavy (non-hydrogen) atoms. The van der Waals surface area contributed by atoms with Crippen LogP contribution in [0.15, 0.2) is 23.5 Å². The number of fused-ring (bicyclic) bond motifs is 3. The normalized spacial score (nSPS) is 30.9. The fourth-order valence-corrected chi connectivity index (χ4v) is 7.02. The van der Waals surface area contributed by atoms with Crippen molar-refractivity contribution in [3.05, 3.63) is 29.4 Å². The van der Waals surface area contributed by atoms with Crippen molar-refractivity contribution in [3.8, 4) is 0 Å². The third-order valence-electron chi connectivity index (χ3n) is 7.65. The molecule has 4 heterocycles. The lowest BCUT2D eigenvalue weighted by atomic mass is 9.76. The van der Waals surface area contributed by atoms with E-state index in [0.29, 0.717) is 46.0 Å². The summed E-state index contributed by atoms with van der Waals surface area (Å²) < 4.78 is 12.6. The van der Waals surface area contributed by atoms with Crippen molar-refractivity contribution >= 4 is 34.2 Å². The van der Waals surface area contributed by atoms with E-state index >= 15 is 0 Å². The number of nitrogens with zero attached hydrogens (tertiary/aromatic N) is 6. The second-order valence-electron chi connectivity index (χ2n) is 9.20. The molecule has 2 aromatic rings. The van der Waals surface area contributed by atoms with Gasteiger partial charge in [-0.05, 0) is 38.0 Å². The Morgan fingerprint density at radius 1 is 1.19 bits per heavy atom. The first-order valence-electron chi connectivity index (χ1n) is 11.0. The zero-order valence-corrected chi connectivity index (χ0v) is 18.7. The maximum Gasteiger partial charge on any atom is 0.227 e. The van der Waals surface area contributed by atoms with Gasteiger partial charge in [0.05, 0.1) is 39.1 Å². The first kappa shape index (κ1) is 19.8. The molecule has 2 aliphatic carbocycles. The third-order valence-corrected chi connectivity index (χ3v) is 9.17. The van der Waals surface area contributed by atoms with Gasteiger partial charge in [-0.2, -0.15) is 4.98 Å². The van der Waals surface area contributed by atoms with E-state index < -0.39 is 10.8 Å². The van der Waals surface area contributed by atoms with Crippen molar-refractivity contribution < 1.29 is 9.32 Å². The van der Waals surface area contributed by atoms with Crippen LogP contribution < -0.4 is 9.80 Å². The fourth-order valence-electron chi connectivity index (χ4n) is 5.82. The van der Waals surface area contributed by atoms with Crippen molar-refractivity contribution in [1.29, 1.82) is 0 Å². The van der Waals surface area contributed by atoms with Crippen LogP contribution in [0.5, 0.6) is 0 Å². The summed E-state index contributed by atoms with van der Waals surface area (Å²) in [6, 6.07) is 0.352. The van der Waals surface area contributed by atoms with E-state index in [1.807, 2.05) is 0 Å². The van der Waals surface area contributed by atoms with Crippen LogP contribution in [0.3, 0.4) is 0 Å². The second-order valence-corrected chi connectivity index (χ2v) is 11.2. The lowest BCUT2D eigenvalue weighted by Crippen LogP contribution is -2.59. The highest BCUT2D eigenvalue weighted by atomic mass is 35.5. The van der Waals surface area contributed by atoms with Crippen LogP contribution in [0, 0.1) is 5.92 Å². The number of rotatable bonds is 4. The van der Waals surface area contributed by atoms with Gasteiger partial charge in [-0.1, -0.05) is 11.6 Å². The van der Waals surface area contributed by atoms with E-state index in [4.69, 9.17) is 16.6 Å². The van der Waals surface area contributed by atoms with Crippen molar-refractivity contribution in [3.63, 3.8) is 0 Å². The average molecular weight is 461 g/mol. The molecule has 4 aliphatic rings. The number of piperidine rings is 1. The monoisotopic (exact) mass is 460 g/mol. The molecular weight excluding hydrogens is 436 g/mol. The molecule has 1 N–H and O–H groups in total. The zero-order chi connectivity index (χ0) is 21.2. The largest absolute Gasteiger partial charge is 0.394 e. The van der Waals surface area contributed by atoms with E-state index in [1.165, 1.54) is 0 Å². The van der Waals surface area contributed by atoms with Gasteiger partial charge in [0.25, 0.3) is 0 Å². The number of aromatic nitrogens is 4. The summed E-state index contributed by atoms with van der Waals surface area (Å²) in [6.45, 7) is 1.64. The summed E-state index contributed by atoms with van der Waals surface area (Å²) in [4.78, 5) is 23.7. The van der Waals surface area contributed by atoms with E-state index in [9.17, 15) is 9.32 Å². The molecular formula is C21H25ClN6O2S. The van der Waals surface area contributed by atoms with E-state index in [1.54, 1.807) is 18.6 Å². The minimum Gasteiger partial charge on any atom is -0.394 e. The van der Waals surface area contributed by atoms with E-state index in [2.05, 4.69) is 24.8 Å². The first-order chi connectivity index (χ1) is 15.1. The van der Waals surface area contributed by atoms with E-state index in [-0.39, 0.29) is 12.1 Å². The van der Waals surface area contributed by atoms with Gasteiger partial charge in [-0.15, -0.1) is 0 Å². The Morgan fingerprint density at radius 2 is 2.00 bits per heavy atom. The van der Waals surface area contributed by atoms with Gasteiger partial charge in [-0.25, -0.2) is 15.0 Å². The second kappa shape index (κ2) is 7.35. The van der Waals surface area contributed by atoms with Gasteiger partial charge in [0.2, 0.25) is 5.95 Å². The van der Waals surface area contributed by atoms with Gasteiger partial charge in [-0.3, -0.25) is 4.21 Å².